The zero-order valence-electron chi connectivity index (χ0n) is 18.7. The van der Waals surface area contributed by atoms with Gasteiger partial charge in [0.2, 0.25) is 5.91 Å². The van der Waals surface area contributed by atoms with Crippen molar-refractivity contribution >= 4 is 28.1 Å². The number of rotatable bonds is 6. The molecule has 0 bridgehead atoms. The number of benzene rings is 3. The number of likely N-dealkylation sites (N-methyl/N-ethyl adjacent to an activating group) is 1. The van der Waals surface area contributed by atoms with E-state index in [0.717, 1.165) is 59.6 Å². The molecule has 0 radical (unpaired) electrons. The topological polar surface area (TPSA) is 46.0 Å². The summed E-state index contributed by atoms with van der Waals surface area (Å²) in [7, 11) is 1.67. The van der Waals surface area contributed by atoms with Gasteiger partial charge in [-0.05, 0) is 54.4 Å². The molecule has 162 valence electrons. The Morgan fingerprint density at radius 3 is 2.52 bits per heavy atom. The second-order valence-electron chi connectivity index (χ2n) is 8.29. The van der Waals surface area contributed by atoms with Crippen LogP contribution in [0.1, 0.15) is 25.3 Å². The number of nitrogens with one attached hydrogen (secondary N) is 2. The standard InChI is InChI=1S/C26H31N3O2/c1-4-28-13-15-29(16-14-28)25-8-6-5-7-24(25)27-26(30)19(2)20-9-10-22-18-23(31-3)12-11-21(22)17-20/h5-12,17-19H,4,13-16H2,1-3H3,(H,27,30)/p+1/t19-/m1/s1. The van der Waals surface area contributed by atoms with Crippen LogP contribution in [0, 0.1) is 0 Å². The van der Waals surface area contributed by atoms with Crippen LogP contribution < -0.4 is 19.9 Å². The molecule has 2 N–H and O–H groups in total. The third-order valence-electron chi connectivity index (χ3n) is 6.44. The smallest absolute Gasteiger partial charge is 0.231 e. The van der Waals surface area contributed by atoms with Crippen molar-refractivity contribution in [2.45, 2.75) is 19.8 Å². The lowest BCUT2D eigenvalue weighted by atomic mass is 9.97. The molecule has 0 saturated carbocycles. The number of carbonyl (C=O) groups is 1. The Bertz CT molecular complexity index is 1060. The molecule has 1 aliphatic heterocycles. The van der Waals surface area contributed by atoms with Crippen LogP contribution in [0.15, 0.2) is 60.7 Å². The molecule has 1 atom stereocenters. The van der Waals surface area contributed by atoms with E-state index in [1.54, 1.807) is 12.0 Å². The second-order valence-corrected chi connectivity index (χ2v) is 8.29. The maximum Gasteiger partial charge on any atom is 0.231 e. The van der Waals surface area contributed by atoms with E-state index in [2.05, 4.69) is 35.3 Å². The van der Waals surface area contributed by atoms with Gasteiger partial charge >= 0.3 is 0 Å². The Labute approximate surface area is 184 Å². The highest BCUT2D eigenvalue weighted by Gasteiger charge is 2.22. The molecule has 1 fully saturated rings. The lowest BCUT2D eigenvalue weighted by molar-refractivity contribution is -0.898. The van der Waals surface area contributed by atoms with Crippen LogP contribution in [0.4, 0.5) is 11.4 Å². The fraction of sp³-hybridized carbons (Fsp3) is 0.346. The molecule has 31 heavy (non-hydrogen) atoms. The number of amides is 1. The van der Waals surface area contributed by atoms with Crippen LogP contribution in [0.25, 0.3) is 10.8 Å². The van der Waals surface area contributed by atoms with E-state index in [1.165, 1.54) is 6.54 Å². The molecule has 3 aromatic carbocycles. The Kier molecular flexibility index (Phi) is 6.42. The fourth-order valence-electron chi connectivity index (χ4n) is 4.30. The van der Waals surface area contributed by atoms with E-state index in [4.69, 9.17) is 4.74 Å². The van der Waals surface area contributed by atoms with Crippen molar-refractivity contribution in [2.24, 2.45) is 0 Å². The first-order valence-corrected chi connectivity index (χ1v) is 11.1. The number of hydrogen-bond donors (Lipinski definition) is 2. The van der Waals surface area contributed by atoms with Gasteiger partial charge in [0.25, 0.3) is 0 Å². The predicted octanol–water partition coefficient (Wildman–Crippen LogP) is 3.32. The first-order chi connectivity index (χ1) is 15.1. The van der Waals surface area contributed by atoms with E-state index >= 15 is 0 Å². The highest BCUT2D eigenvalue weighted by Crippen LogP contribution is 2.29. The molecule has 1 amide bonds. The van der Waals surface area contributed by atoms with Crippen LogP contribution in [0.5, 0.6) is 5.75 Å². The van der Waals surface area contributed by atoms with E-state index in [9.17, 15) is 4.79 Å². The third kappa shape index (κ3) is 4.67. The van der Waals surface area contributed by atoms with Gasteiger partial charge in [0, 0.05) is 0 Å². The summed E-state index contributed by atoms with van der Waals surface area (Å²) in [6.07, 6.45) is 0. The monoisotopic (exact) mass is 418 g/mol. The van der Waals surface area contributed by atoms with E-state index in [-0.39, 0.29) is 11.8 Å². The number of para-hydroxylation sites is 2. The van der Waals surface area contributed by atoms with Crippen LogP contribution in [-0.4, -0.2) is 45.7 Å². The van der Waals surface area contributed by atoms with Crippen molar-refractivity contribution in [3.8, 4) is 5.75 Å². The number of quaternary nitrogens is 1. The molecule has 4 rings (SSSR count). The van der Waals surface area contributed by atoms with E-state index in [1.807, 2.05) is 49.4 Å². The zero-order chi connectivity index (χ0) is 21.8. The summed E-state index contributed by atoms with van der Waals surface area (Å²) < 4.78 is 5.31. The average molecular weight is 419 g/mol. The second kappa shape index (κ2) is 9.40. The van der Waals surface area contributed by atoms with Crippen molar-refractivity contribution in [2.75, 3.05) is 50.1 Å². The van der Waals surface area contributed by atoms with Crippen molar-refractivity contribution in [3.05, 3.63) is 66.2 Å². The molecule has 1 heterocycles. The summed E-state index contributed by atoms with van der Waals surface area (Å²) in [6.45, 7) is 9.67. The molecule has 5 heteroatoms. The largest absolute Gasteiger partial charge is 0.497 e. The van der Waals surface area contributed by atoms with Gasteiger partial charge in [-0.25, -0.2) is 0 Å². The Morgan fingerprint density at radius 2 is 1.77 bits per heavy atom. The van der Waals surface area contributed by atoms with E-state index in [0.29, 0.717) is 0 Å². The minimum absolute atomic E-state index is 0.0122. The number of methoxy groups -OCH3 is 1. The molecule has 0 unspecified atom stereocenters. The molecule has 1 aliphatic rings. The van der Waals surface area contributed by atoms with Gasteiger partial charge in [-0.1, -0.05) is 36.4 Å². The Morgan fingerprint density at radius 1 is 1.06 bits per heavy atom. The van der Waals surface area contributed by atoms with Crippen molar-refractivity contribution < 1.29 is 14.4 Å². The zero-order valence-corrected chi connectivity index (χ0v) is 18.7. The molecule has 5 nitrogen and oxygen atoms in total. The van der Waals surface area contributed by atoms with Crippen molar-refractivity contribution in [1.82, 2.24) is 0 Å². The van der Waals surface area contributed by atoms with Crippen LogP contribution >= 0.6 is 0 Å². The Balaban J connectivity index is 1.50. The normalized spacial score (nSPS) is 15.6. The summed E-state index contributed by atoms with van der Waals surface area (Å²) in [5, 5.41) is 5.40. The summed E-state index contributed by atoms with van der Waals surface area (Å²) in [5.74, 6) is 0.600. The first-order valence-electron chi connectivity index (χ1n) is 11.1. The number of anilines is 2. The maximum absolute atomic E-state index is 13.1. The number of ether oxygens (including phenoxy) is 1. The van der Waals surface area contributed by atoms with Gasteiger partial charge in [0.05, 0.1) is 57.1 Å². The summed E-state index contributed by atoms with van der Waals surface area (Å²) in [5.41, 5.74) is 3.02. The molecule has 1 saturated heterocycles. The molecular formula is C26H32N3O2+. The van der Waals surface area contributed by atoms with Crippen molar-refractivity contribution in [3.63, 3.8) is 0 Å². The number of fused-ring (bicyclic) bond motifs is 1. The quantitative estimate of drug-likeness (QED) is 0.646. The first kappa shape index (κ1) is 21.2. The number of carbonyl (C=O) groups excluding carboxylic acids is 1. The molecular weight excluding hydrogens is 386 g/mol. The minimum Gasteiger partial charge on any atom is -0.497 e. The van der Waals surface area contributed by atoms with Gasteiger partial charge < -0.3 is 19.9 Å². The number of hydrogen-bond acceptors (Lipinski definition) is 3. The van der Waals surface area contributed by atoms with Crippen LogP contribution in [0.2, 0.25) is 0 Å². The number of piperazine rings is 1. The SMILES string of the molecule is CC[NH+]1CCN(c2ccccc2NC(=O)[C@H](C)c2ccc3cc(OC)ccc3c2)CC1. The Hall–Kier alpha value is -3.05. The average Bonchev–Trinajstić information content (AvgIpc) is 2.83. The molecule has 0 aromatic heterocycles. The lowest BCUT2D eigenvalue weighted by Gasteiger charge is -2.34. The summed E-state index contributed by atoms with van der Waals surface area (Å²) in [6, 6.07) is 20.3. The van der Waals surface area contributed by atoms with Gasteiger partial charge in [-0.15, -0.1) is 0 Å². The third-order valence-corrected chi connectivity index (χ3v) is 6.44. The fourth-order valence-corrected chi connectivity index (χ4v) is 4.30. The van der Waals surface area contributed by atoms with Gasteiger partial charge in [0.15, 0.2) is 0 Å². The van der Waals surface area contributed by atoms with Gasteiger partial charge in [-0.3, -0.25) is 4.79 Å². The summed E-state index contributed by atoms with van der Waals surface area (Å²) in [4.78, 5) is 17.2. The maximum atomic E-state index is 13.1. The minimum atomic E-state index is -0.249. The predicted molar refractivity (Wildman–Crippen MR) is 127 cm³/mol. The van der Waals surface area contributed by atoms with Crippen LogP contribution in [-0.2, 0) is 4.79 Å². The highest BCUT2D eigenvalue weighted by atomic mass is 16.5. The molecule has 3 aromatic rings. The number of nitrogens with zero attached hydrogens (tertiary/aromatic N) is 1. The van der Waals surface area contributed by atoms with Gasteiger partial charge in [0.1, 0.15) is 5.75 Å². The van der Waals surface area contributed by atoms with E-state index < -0.39 is 0 Å². The summed E-state index contributed by atoms with van der Waals surface area (Å²) >= 11 is 0. The molecule has 0 spiro atoms. The van der Waals surface area contributed by atoms with Crippen LogP contribution in [0.3, 0.4) is 0 Å². The lowest BCUT2D eigenvalue weighted by Crippen LogP contribution is -3.14. The molecule has 0 aliphatic carbocycles. The van der Waals surface area contributed by atoms with Crippen molar-refractivity contribution in [1.29, 1.82) is 0 Å². The highest BCUT2D eigenvalue weighted by molar-refractivity contribution is 5.99. The van der Waals surface area contributed by atoms with Gasteiger partial charge in [-0.2, -0.15) is 0 Å².